The minimum absolute atomic E-state index is 0.650. The van der Waals surface area contributed by atoms with Crippen molar-refractivity contribution in [2.45, 2.75) is 0 Å². The molecule has 0 atom stereocenters. The molecule has 13 aromatic rings. The molecule has 4 nitrogen and oxygen atoms in total. The second-order valence-electron chi connectivity index (χ2n) is 16.6. The van der Waals surface area contributed by atoms with Gasteiger partial charge in [-0.25, -0.2) is 9.97 Å². The molecule has 4 heteroatoms. The highest BCUT2D eigenvalue weighted by Crippen LogP contribution is 2.39. The van der Waals surface area contributed by atoms with Gasteiger partial charge in [0.25, 0.3) is 0 Å². The molecule has 0 amide bonds. The minimum atomic E-state index is 0.650. The van der Waals surface area contributed by atoms with Crippen molar-refractivity contribution in [2.24, 2.45) is 0 Å². The van der Waals surface area contributed by atoms with E-state index in [-0.39, 0.29) is 0 Å². The zero-order valence-corrected chi connectivity index (χ0v) is 34.7. The molecular formula is C60H38N4. The van der Waals surface area contributed by atoms with Crippen molar-refractivity contribution in [3.8, 4) is 56.3 Å². The van der Waals surface area contributed by atoms with Crippen LogP contribution in [0.1, 0.15) is 0 Å². The summed E-state index contributed by atoms with van der Waals surface area (Å²) in [5, 5.41) is 8.28. The third-order valence-corrected chi connectivity index (χ3v) is 12.9. The minimum Gasteiger partial charge on any atom is -0.309 e. The summed E-state index contributed by atoms with van der Waals surface area (Å²) in [6.45, 7) is 0. The molecule has 0 aliphatic rings. The largest absolute Gasteiger partial charge is 0.309 e. The van der Waals surface area contributed by atoms with E-state index >= 15 is 0 Å². The number of hydrogen-bond donors (Lipinski definition) is 0. The van der Waals surface area contributed by atoms with Gasteiger partial charge in [0.2, 0.25) is 5.95 Å². The molecule has 3 aromatic heterocycles. The zero-order chi connectivity index (χ0) is 42.1. The lowest BCUT2D eigenvalue weighted by atomic mass is 9.99. The Hall–Kier alpha value is -8.60. The number of benzene rings is 10. The zero-order valence-electron chi connectivity index (χ0n) is 34.7. The second-order valence-corrected chi connectivity index (χ2v) is 16.6. The molecule has 0 radical (unpaired) electrons. The predicted octanol–water partition coefficient (Wildman–Crippen LogP) is 15.6. The van der Waals surface area contributed by atoms with Crippen molar-refractivity contribution < 1.29 is 0 Å². The van der Waals surface area contributed by atoms with Gasteiger partial charge in [0.15, 0.2) is 0 Å². The third-order valence-electron chi connectivity index (χ3n) is 12.9. The van der Waals surface area contributed by atoms with Crippen LogP contribution in [0.5, 0.6) is 0 Å². The maximum absolute atomic E-state index is 5.40. The molecule has 0 saturated heterocycles. The Balaban J connectivity index is 0.913. The molecule has 0 aliphatic heterocycles. The van der Waals surface area contributed by atoms with Crippen molar-refractivity contribution >= 4 is 65.3 Å². The molecule has 0 saturated carbocycles. The van der Waals surface area contributed by atoms with E-state index in [2.05, 4.69) is 240 Å². The lowest BCUT2D eigenvalue weighted by molar-refractivity contribution is 1.01. The van der Waals surface area contributed by atoms with E-state index in [0.29, 0.717) is 5.95 Å². The van der Waals surface area contributed by atoms with Crippen LogP contribution >= 0.6 is 0 Å². The first-order chi connectivity index (χ1) is 31.7. The Kier molecular flexibility index (Phi) is 8.18. The van der Waals surface area contributed by atoms with Gasteiger partial charge in [0.05, 0.1) is 33.3 Å². The first kappa shape index (κ1) is 36.1. The molecule has 0 N–H and O–H groups in total. The quantitative estimate of drug-likeness (QED) is 0.168. The number of nitrogens with zero attached hydrogens (tertiary/aromatic N) is 4. The Morgan fingerprint density at radius 1 is 0.266 bits per heavy atom. The smallest absolute Gasteiger partial charge is 0.235 e. The number of fused-ring (bicyclic) bond motifs is 8. The highest BCUT2D eigenvalue weighted by Gasteiger charge is 2.19. The molecule has 0 fully saturated rings. The van der Waals surface area contributed by atoms with E-state index in [1.54, 1.807) is 0 Å². The fourth-order valence-corrected chi connectivity index (χ4v) is 9.81. The van der Waals surface area contributed by atoms with Gasteiger partial charge in [-0.15, -0.1) is 0 Å². The number of para-hydroxylation sites is 3. The Labute approximate surface area is 369 Å². The number of aromatic nitrogens is 4. The average molecular weight is 815 g/mol. The Morgan fingerprint density at radius 2 is 0.734 bits per heavy atom. The molecule has 64 heavy (non-hydrogen) atoms. The summed E-state index contributed by atoms with van der Waals surface area (Å²) in [6.07, 6.45) is 0. The van der Waals surface area contributed by atoms with Crippen molar-refractivity contribution in [1.82, 2.24) is 19.1 Å². The van der Waals surface area contributed by atoms with Crippen LogP contribution in [-0.2, 0) is 0 Å². The molecule has 13 rings (SSSR count). The van der Waals surface area contributed by atoms with Gasteiger partial charge in [-0.1, -0.05) is 170 Å². The first-order valence-corrected chi connectivity index (χ1v) is 21.8. The number of hydrogen-bond acceptors (Lipinski definition) is 2. The van der Waals surface area contributed by atoms with Crippen LogP contribution in [-0.4, -0.2) is 19.1 Å². The summed E-state index contributed by atoms with van der Waals surface area (Å²) in [5.74, 6) is 0.650. The van der Waals surface area contributed by atoms with Gasteiger partial charge in [0.1, 0.15) is 0 Å². The summed E-state index contributed by atoms with van der Waals surface area (Å²) in [5.41, 5.74) is 15.6. The lowest BCUT2D eigenvalue weighted by Crippen LogP contribution is -2.03. The van der Waals surface area contributed by atoms with E-state index in [4.69, 9.17) is 9.97 Å². The van der Waals surface area contributed by atoms with Crippen LogP contribution in [0.4, 0.5) is 0 Å². The van der Waals surface area contributed by atoms with Crippen molar-refractivity contribution in [3.05, 3.63) is 231 Å². The molecule has 0 unspecified atom stereocenters. The predicted molar refractivity (Wildman–Crippen MR) is 267 cm³/mol. The van der Waals surface area contributed by atoms with E-state index in [1.165, 1.54) is 60.4 Å². The maximum Gasteiger partial charge on any atom is 0.235 e. The Bertz CT molecular complexity index is 3930. The molecule has 0 bridgehead atoms. The van der Waals surface area contributed by atoms with Crippen LogP contribution in [0, 0.1) is 0 Å². The van der Waals surface area contributed by atoms with Gasteiger partial charge in [-0.2, -0.15) is 0 Å². The van der Waals surface area contributed by atoms with Crippen LogP contribution in [0.3, 0.4) is 0 Å². The summed E-state index contributed by atoms with van der Waals surface area (Å²) in [7, 11) is 0. The highest BCUT2D eigenvalue weighted by molar-refractivity contribution is 6.13. The standard InChI is InChI=1S/C60H38N4/c1-2-12-39(13-3-1)41-28-32-48(33-29-41)63-55-20-10-7-16-49(55)52-37-46(30-34-57(52)63)47-31-35-58-53(38-47)50-17-8-11-21-56(50)64(58)60-61-54-19-9-6-18-51(54)59(62-60)43-25-22-42(23-26-43)45-27-24-40-14-4-5-15-44(40)36-45/h1-38H. The Morgan fingerprint density at radius 3 is 1.45 bits per heavy atom. The van der Waals surface area contributed by atoms with E-state index in [0.717, 1.165) is 55.2 Å². The fourth-order valence-electron chi connectivity index (χ4n) is 9.81. The summed E-state index contributed by atoms with van der Waals surface area (Å²) in [6, 6.07) is 82.8. The normalized spacial score (nSPS) is 11.8. The van der Waals surface area contributed by atoms with Gasteiger partial charge >= 0.3 is 0 Å². The third kappa shape index (κ3) is 5.84. The van der Waals surface area contributed by atoms with Gasteiger partial charge in [-0.05, 0) is 105 Å². The molecule has 0 aliphatic carbocycles. The van der Waals surface area contributed by atoms with E-state index < -0.39 is 0 Å². The van der Waals surface area contributed by atoms with Crippen molar-refractivity contribution in [3.63, 3.8) is 0 Å². The fraction of sp³-hybridized carbons (Fsp3) is 0. The topological polar surface area (TPSA) is 35.6 Å². The van der Waals surface area contributed by atoms with Crippen molar-refractivity contribution in [2.75, 3.05) is 0 Å². The molecule has 298 valence electrons. The summed E-state index contributed by atoms with van der Waals surface area (Å²) < 4.78 is 4.62. The van der Waals surface area contributed by atoms with Gasteiger partial charge in [0, 0.05) is 38.2 Å². The SMILES string of the molecule is c1ccc(-c2ccc(-n3c4ccccc4c4cc(-c5ccc6c(c5)c5ccccc5n6-c5nc(-c6ccc(-c7ccc8ccccc8c7)cc6)c6ccccc6n5)ccc43)cc2)cc1. The van der Waals surface area contributed by atoms with E-state index in [9.17, 15) is 0 Å². The molecule has 3 heterocycles. The molecular weight excluding hydrogens is 777 g/mol. The molecule has 10 aromatic carbocycles. The van der Waals surface area contributed by atoms with Gasteiger partial charge in [-0.3, -0.25) is 4.57 Å². The second kappa shape index (κ2) is 14.5. The maximum atomic E-state index is 5.40. The summed E-state index contributed by atoms with van der Waals surface area (Å²) >= 11 is 0. The van der Waals surface area contributed by atoms with Crippen LogP contribution in [0.15, 0.2) is 231 Å². The van der Waals surface area contributed by atoms with Crippen LogP contribution < -0.4 is 0 Å². The van der Waals surface area contributed by atoms with E-state index in [1.807, 2.05) is 0 Å². The molecule has 0 spiro atoms. The van der Waals surface area contributed by atoms with Gasteiger partial charge < -0.3 is 4.57 Å². The highest BCUT2D eigenvalue weighted by atomic mass is 15.2. The van der Waals surface area contributed by atoms with Crippen LogP contribution in [0.25, 0.3) is 122 Å². The summed E-state index contributed by atoms with van der Waals surface area (Å²) in [4.78, 5) is 10.6. The van der Waals surface area contributed by atoms with Crippen molar-refractivity contribution in [1.29, 1.82) is 0 Å². The average Bonchev–Trinajstić information content (AvgIpc) is 3.88. The lowest BCUT2D eigenvalue weighted by Gasteiger charge is -2.12. The first-order valence-electron chi connectivity index (χ1n) is 21.8. The number of rotatable bonds is 6. The monoisotopic (exact) mass is 814 g/mol. The van der Waals surface area contributed by atoms with Crippen LogP contribution in [0.2, 0.25) is 0 Å².